The number of nitrogens with zero attached hydrogens (tertiary/aromatic N) is 1. The molecule has 0 aliphatic heterocycles. The molecular weight excluding hydrogens is 437 g/mol. The van der Waals surface area contributed by atoms with Crippen molar-refractivity contribution in [2.45, 2.75) is 16.6 Å². The summed E-state index contributed by atoms with van der Waals surface area (Å²) in [6.45, 7) is 0. The topological polar surface area (TPSA) is 24.9 Å². The second-order valence-electron chi connectivity index (χ2n) is 4.45. The van der Waals surface area contributed by atoms with Gasteiger partial charge in [-0.1, -0.05) is 34.8 Å². The van der Waals surface area contributed by atoms with E-state index in [1.165, 1.54) is 24.3 Å². The van der Waals surface area contributed by atoms with Crippen molar-refractivity contribution in [1.82, 2.24) is 4.98 Å². The van der Waals surface area contributed by atoms with Gasteiger partial charge in [0.2, 0.25) is 0 Å². The van der Waals surface area contributed by atoms with Gasteiger partial charge in [0.05, 0.1) is 5.02 Å². The zero-order valence-electron chi connectivity index (χ0n) is 11.6. The van der Waals surface area contributed by atoms with Gasteiger partial charge in [-0.3, -0.25) is 0 Å². The summed E-state index contributed by atoms with van der Waals surface area (Å²) >= 11 is 16.6. The minimum absolute atomic E-state index is 0.0689. The van der Waals surface area contributed by atoms with E-state index >= 15 is 0 Å². The fourth-order valence-electron chi connectivity index (χ4n) is 1.71. The van der Waals surface area contributed by atoms with Crippen LogP contribution in [-0.2, 0) is 6.18 Å². The van der Waals surface area contributed by atoms with E-state index in [9.17, 15) is 26.3 Å². The van der Waals surface area contributed by atoms with Gasteiger partial charge in [0, 0.05) is 10.6 Å². The number of anilines is 2. The smallest absolute Gasteiger partial charge is 0.339 e. The average Bonchev–Trinajstić information content (AvgIpc) is 2.43. The molecular formula is C13H5Cl3F6N2S. The van der Waals surface area contributed by atoms with Crippen molar-refractivity contribution in [2.75, 3.05) is 5.32 Å². The summed E-state index contributed by atoms with van der Waals surface area (Å²) in [5, 5.41) is 0.290. The molecule has 2 rings (SSSR count). The molecule has 0 saturated heterocycles. The van der Waals surface area contributed by atoms with E-state index in [0.29, 0.717) is 0 Å². The first-order chi connectivity index (χ1) is 11.4. The molecule has 25 heavy (non-hydrogen) atoms. The highest BCUT2D eigenvalue weighted by Gasteiger charge is 2.38. The predicted molar refractivity (Wildman–Crippen MR) is 85.9 cm³/mol. The van der Waals surface area contributed by atoms with E-state index in [0.717, 1.165) is 0 Å². The molecule has 0 aliphatic carbocycles. The number of rotatable bonds is 3. The molecule has 1 aromatic carbocycles. The van der Waals surface area contributed by atoms with Gasteiger partial charge in [-0.15, -0.1) is 0 Å². The first kappa shape index (κ1) is 20.3. The Hall–Kier alpha value is -1.03. The molecule has 0 bridgehead atoms. The third-order valence-electron chi connectivity index (χ3n) is 2.67. The summed E-state index contributed by atoms with van der Waals surface area (Å²) in [5.74, 6) is -0.263. The Morgan fingerprint density at radius 2 is 1.44 bits per heavy atom. The van der Waals surface area contributed by atoms with Crippen molar-refractivity contribution in [3.63, 3.8) is 0 Å². The number of thioether (sulfide) groups is 1. The van der Waals surface area contributed by atoms with Crippen LogP contribution < -0.4 is 5.32 Å². The third-order valence-corrected chi connectivity index (χ3v) is 4.53. The quantitative estimate of drug-likeness (QED) is 0.305. The minimum atomic E-state index is -4.85. The second-order valence-corrected chi connectivity index (χ2v) is 6.70. The van der Waals surface area contributed by atoms with Gasteiger partial charge >= 0.3 is 11.7 Å². The zero-order chi connectivity index (χ0) is 19.0. The lowest BCUT2D eigenvalue weighted by Gasteiger charge is -2.15. The number of hydrogen-bond acceptors (Lipinski definition) is 3. The van der Waals surface area contributed by atoms with Gasteiger partial charge in [-0.25, -0.2) is 4.98 Å². The highest BCUT2D eigenvalue weighted by molar-refractivity contribution is 8.00. The molecule has 0 fully saturated rings. The van der Waals surface area contributed by atoms with Crippen LogP contribution in [0.4, 0.5) is 37.8 Å². The first-order valence-corrected chi connectivity index (χ1v) is 8.08. The Balaban J connectivity index is 2.29. The number of aromatic nitrogens is 1. The molecule has 12 heteroatoms. The summed E-state index contributed by atoms with van der Waals surface area (Å²) < 4.78 is 75.3. The Labute approximate surface area is 156 Å². The van der Waals surface area contributed by atoms with E-state index in [2.05, 4.69) is 10.3 Å². The Morgan fingerprint density at radius 1 is 0.880 bits per heavy atom. The van der Waals surface area contributed by atoms with Crippen LogP contribution in [0.5, 0.6) is 0 Å². The van der Waals surface area contributed by atoms with Gasteiger partial charge in [0.15, 0.2) is 5.82 Å². The maximum absolute atomic E-state index is 12.8. The summed E-state index contributed by atoms with van der Waals surface area (Å²) in [7, 11) is 0. The molecule has 2 aromatic rings. The van der Waals surface area contributed by atoms with Gasteiger partial charge in [-0.2, -0.15) is 26.3 Å². The molecule has 1 heterocycles. The number of nitrogens with one attached hydrogen (secondary N) is 1. The largest absolute Gasteiger partial charge is 0.446 e. The van der Waals surface area contributed by atoms with Crippen LogP contribution in [0.3, 0.4) is 0 Å². The highest BCUT2D eigenvalue weighted by Crippen LogP contribution is 2.44. The molecule has 0 saturated carbocycles. The van der Waals surface area contributed by atoms with Crippen LogP contribution in [0.15, 0.2) is 29.2 Å². The number of alkyl halides is 6. The van der Waals surface area contributed by atoms with Crippen molar-refractivity contribution in [1.29, 1.82) is 0 Å². The van der Waals surface area contributed by atoms with Crippen molar-refractivity contribution in [3.05, 3.63) is 45.0 Å². The van der Waals surface area contributed by atoms with Crippen molar-refractivity contribution in [2.24, 2.45) is 0 Å². The molecule has 1 N–H and O–H groups in total. The fourth-order valence-corrected chi connectivity index (χ4v) is 3.05. The van der Waals surface area contributed by atoms with Gasteiger partial charge in [-0.05, 0) is 36.0 Å². The van der Waals surface area contributed by atoms with Crippen molar-refractivity contribution < 1.29 is 26.3 Å². The predicted octanol–water partition coefficient (Wildman–Crippen LogP) is 7.42. The van der Waals surface area contributed by atoms with Crippen LogP contribution in [-0.4, -0.2) is 10.5 Å². The Morgan fingerprint density at radius 3 is 1.92 bits per heavy atom. The molecule has 0 spiro atoms. The van der Waals surface area contributed by atoms with Crippen molar-refractivity contribution >= 4 is 58.1 Å². The highest BCUT2D eigenvalue weighted by atomic mass is 35.5. The summed E-state index contributed by atoms with van der Waals surface area (Å²) in [4.78, 5) is 3.44. The van der Waals surface area contributed by atoms with E-state index < -0.39 is 32.4 Å². The second kappa shape index (κ2) is 7.30. The molecule has 2 nitrogen and oxygen atoms in total. The van der Waals surface area contributed by atoms with E-state index in [1.807, 2.05) is 0 Å². The first-order valence-electron chi connectivity index (χ1n) is 6.13. The van der Waals surface area contributed by atoms with E-state index in [-0.39, 0.29) is 28.2 Å². The van der Waals surface area contributed by atoms with Crippen LogP contribution >= 0.6 is 46.6 Å². The van der Waals surface area contributed by atoms with Crippen LogP contribution in [0.1, 0.15) is 5.56 Å². The van der Waals surface area contributed by atoms with Crippen LogP contribution in [0.25, 0.3) is 0 Å². The molecule has 0 aliphatic rings. The molecule has 0 amide bonds. The Bertz CT molecular complexity index is 777. The molecule has 0 atom stereocenters. The lowest BCUT2D eigenvalue weighted by atomic mass is 10.2. The summed E-state index contributed by atoms with van der Waals surface area (Å²) in [5.41, 5.74) is -5.58. The van der Waals surface area contributed by atoms with Gasteiger partial charge < -0.3 is 5.32 Å². The maximum atomic E-state index is 12.8. The van der Waals surface area contributed by atoms with Crippen LogP contribution in [0, 0.1) is 0 Å². The summed E-state index contributed by atoms with van der Waals surface area (Å²) in [6.07, 6.45) is -4.85. The SMILES string of the molecule is FC(F)(F)Sc1ccc(Nc2nc(Cl)c(C(F)(F)F)c(Cl)c2Cl)cc1. The van der Waals surface area contributed by atoms with Gasteiger partial charge in [0.25, 0.3) is 0 Å². The number of pyridine rings is 1. The minimum Gasteiger partial charge on any atom is -0.339 e. The molecule has 1 aromatic heterocycles. The molecule has 136 valence electrons. The van der Waals surface area contributed by atoms with E-state index in [4.69, 9.17) is 34.8 Å². The number of halogens is 9. The Kier molecular flexibility index (Phi) is 5.92. The number of hydrogen-bond donors (Lipinski definition) is 1. The van der Waals surface area contributed by atoms with Gasteiger partial charge in [0.1, 0.15) is 15.7 Å². The fraction of sp³-hybridized carbons (Fsp3) is 0.154. The van der Waals surface area contributed by atoms with Crippen molar-refractivity contribution in [3.8, 4) is 0 Å². The zero-order valence-corrected chi connectivity index (χ0v) is 14.7. The van der Waals surface area contributed by atoms with E-state index in [1.54, 1.807) is 0 Å². The molecule has 0 radical (unpaired) electrons. The monoisotopic (exact) mass is 440 g/mol. The van der Waals surface area contributed by atoms with Crippen LogP contribution in [0.2, 0.25) is 15.2 Å². The normalized spacial score (nSPS) is 12.4. The maximum Gasteiger partial charge on any atom is 0.446 e. The number of benzene rings is 1. The lowest BCUT2D eigenvalue weighted by Crippen LogP contribution is -2.10. The summed E-state index contributed by atoms with van der Waals surface area (Å²) in [6, 6.07) is 4.88. The molecule has 0 unspecified atom stereocenters. The standard InChI is InChI=1S/C13H5Cl3F6N2S/c14-8-7(12(17,18)19)10(16)24-11(9(8)15)23-5-1-3-6(4-2-5)25-13(20,21)22/h1-4H,(H,23,24). The average molecular weight is 442 g/mol. The lowest BCUT2D eigenvalue weighted by molar-refractivity contribution is -0.137. The third kappa shape index (κ3) is 5.22.